The van der Waals surface area contributed by atoms with E-state index in [-0.39, 0.29) is 6.61 Å². The number of hydrogen-bond donors (Lipinski definition) is 1. The fourth-order valence-electron chi connectivity index (χ4n) is 0.856. The third kappa shape index (κ3) is 1.84. The third-order valence-electron chi connectivity index (χ3n) is 1.48. The summed E-state index contributed by atoms with van der Waals surface area (Å²) in [6.45, 7) is 0.0790. The lowest BCUT2D eigenvalue weighted by Gasteiger charge is -2.10. The first kappa shape index (κ1) is 8.31. The van der Waals surface area contributed by atoms with Crippen molar-refractivity contribution in [1.29, 1.82) is 0 Å². The molecular formula is C7H8BrClO. The Morgan fingerprint density at radius 3 is 2.80 bits per heavy atom. The van der Waals surface area contributed by atoms with Crippen LogP contribution in [0.4, 0.5) is 0 Å². The number of hydrogen-bond acceptors (Lipinski definition) is 1. The van der Waals surface area contributed by atoms with Gasteiger partial charge in [-0.15, -0.1) is 0 Å². The second kappa shape index (κ2) is 3.56. The average Bonchev–Trinajstić information content (AvgIpc) is 1.88. The second-order valence-corrected chi connectivity index (χ2v) is 3.63. The molecule has 0 aromatic rings. The lowest BCUT2D eigenvalue weighted by molar-refractivity contribution is 0.326. The van der Waals surface area contributed by atoms with Crippen LogP contribution in [0.2, 0.25) is 0 Å². The monoisotopic (exact) mass is 222 g/mol. The van der Waals surface area contributed by atoms with Gasteiger partial charge in [0.25, 0.3) is 0 Å². The zero-order chi connectivity index (χ0) is 7.56. The Morgan fingerprint density at radius 1 is 1.60 bits per heavy atom. The maximum absolute atomic E-state index is 8.76. The summed E-state index contributed by atoms with van der Waals surface area (Å²) >= 11 is 9.14. The Morgan fingerprint density at radius 2 is 2.30 bits per heavy atom. The molecule has 3 heteroatoms. The van der Waals surface area contributed by atoms with E-state index in [1.807, 2.05) is 6.08 Å². The Kier molecular flexibility index (Phi) is 2.96. The molecule has 0 spiro atoms. The molecule has 0 saturated carbocycles. The Hall–Kier alpha value is 0.210. The summed E-state index contributed by atoms with van der Waals surface area (Å²) < 4.78 is 1.11. The quantitative estimate of drug-likeness (QED) is 0.724. The van der Waals surface area contributed by atoms with Crippen LogP contribution in [0.25, 0.3) is 0 Å². The minimum absolute atomic E-state index is 0.0790. The lowest BCUT2D eigenvalue weighted by atomic mass is 10.1. The maximum Gasteiger partial charge on any atom is 0.0659 e. The molecule has 0 radical (unpaired) electrons. The zero-order valence-electron chi connectivity index (χ0n) is 5.40. The smallest absolute Gasteiger partial charge is 0.0659 e. The Bertz CT molecular complexity index is 196. The zero-order valence-corrected chi connectivity index (χ0v) is 7.74. The highest BCUT2D eigenvalue weighted by atomic mass is 79.9. The van der Waals surface area contributed by atoms with Crippen LogP contribution in [0.3, 0.4) is 0 Å². The molecule has 0 atom stereocenters. The van der Waals surface area contributed by atoms with Crippen LogP contribution in [-0.2, 0) is 0 Å². The summed E-state index contributed by atoms with van der Waals surface area (Å²) in [6, 6.07) is 0. The van der Waals surface area contributed by atoms with Gasteiger partial charge in [0.15, 0.2) is 0 Å². The molecule has 0 amide bonds. The van der Waals surface area contributed by atoms with Crippen molar-refractivity contribution in [2.75, 3.05) is 6.61 Å². The van der Waals surface area contributed by atoms with E-state index in [0.717, 1.165) is 22.9 Å². The van der Waals surface area contributed by atoms with Crippen LogP contribution < -0.4 is 0 Å². The van der Waals surface area contributed by atoms with Crippen molar-refractivity contribution in [3.8, 4) is 0 Å². The van der Waals surface area contributed by atoms with E-state index in [1.54, 1.807) is 0 Å². The van der Waals surface area contributed by atoms with E-state index >= 15 is 0 Å². The second-order valence-electron chi connectivity index (χ2n) is 2.20. The largest absolute Gasteiger partial charge is 0.392 e. The normalized spacial score (nSPS) is 19.3. The first-order valence-corrected chi connectivity index (χ1v) is 4.25. The minimum Gasteiger partial charge on any atom is -0.392 e. The standard InChI is InChI=1S/C7H8BrClO/c8-6-2-1-5(4-10)7(9)3-6/h3,10H,1-2,4H2. The van der Waals surface area contributed by atoms with Crippen LogP contribution in [0.1, 0.15) is 12.8 Å². The summed E-state index contributed by atoms with van der Waals surface area (Å²) in [6.07, 6.45) is 3.66. The number of aliphatic hydroxyl groups is 1. The van der Waals surface area contributed by atoms with Crippen molar-refractivity contribution in [3.63, 3.8) is 0 Å². The summed E-state index contributed by atoms with van der Waals surface area (Å²) in [5.41, 5.74) is 0.935. The fourth-order valence-corrected chi connectivity index (χ4v) is 1.70. The van der Waals surface area contributed by atoms with Crippen LogP contribution in [0.15, 0.2) is 21.2 Å². The molecule has 10 heavy (non-hydrogen) atoms. The van der Waals surface area contributed by atoms with Gasteiger partial charge >= 0.3 is 0 Å². The van der Waals surface area contributed by atoms with Crippen LogP contribution in [0, 0.1) is 0 Å². The van der Waals surface area contributed by atoms with Gasteiger partial charge in [0.2, 0.25) is 0 Å². The summed E-state index contributed by atoms with van der Waals surface area (Å²) in [4.78, 5) is 0. The van der Waals surface area contributed by atoms with Gasteiger partial charge in [0.1, 0.15) is 0 Å². The fraction of sp³-hybridized carbons (Fsp3) is 0.429. The van der Waals surface area contributed by atoms with Crippen LogP contribution in [0.5, 0.6) is 0 Å². The molecule has 1 aliphatic rings. The molecule has 0 fully saturated rings. The summed E-state index contributed by atoms with van der Waals surface area (Å²) in [7, 11) is 0. The van der Waals surface area contributed by atoms with Gasteiger partial charge in [-0.25, -0.2) is 0 Å². The van der Waals surface area contributed by atoms with E-state index < -0.39 is 0 Å². The van der Waals surface area contributed by atoms with Crippen molar-refractivity contribution in [2.45, 2.75) is 12.8 Å². The van der Waals surface area contributed by atoms with Gasteiger partial charge in [-0.3, -0.25) is 0 Å². The van der Waals surface area contributed by atoms with Gasteiger partial charge in [-0.1, -0.05) is 27.5 Å². The molecule has 0 aliphatic heterocycles. The minimum atomic E-state index is 0.0790. The predicted octanol–water partition coefficient (Wildman–Crippen LogP) is 2.54. The van der Waals surface area contributed by atoms with E-state index in [2.05, 4.69) is 15.9 Å². The Labute approximate surface area is 73.5 Å². The van der Waals surface area contributed by atoms with Crippen LogP contribution >= 0.6 is 27.5 Å². The topological polar surface area (TPSA) is 20.2 Å². The van der Waals surface area contributed by atoms with Crippen LogP contribution in [-0.4, -0.2) is 11.7 Å². The number of halogens is 2. The number of aliphatic hydroxyl groups excluding tert-OH is 1. The molecule has 0 saturated heterocycles. The van der Waals surface area contributed by atoms with Gasteiger partial charge in [0, 0.05) is 5.03 Å². The van der Waals surface area contributed by atoms with Crippen molar-refractivity contribution in [3.05, 3.63) is 21.2 Å². The highest BCUT2D eigenvalue weighted by Gasteiger charge is 2.08. The molecule has 1 aliphatic carbocycles. The molecule has 0 bridgehead atoms. The maximum atomic E-state index is 8.76. The molecule has 0 aromatic heterocycles. The Balaban J connectivity index is 2.80. The van der Waals surface area contributed by atoms with E-state index in [0.29, 0.717) is 5.03 Å². The third-order valence-corrected chi connectivity index (χ3v) is 2.48. The molecule has 1 nitrogen and oxygen atoms in total. The molecular weight excluding hydrogens is 215 g/mol. The van der Waals surface area contributed by atoms with E-state index in [1.165, 1.54) is 0 Å². The van der Waals surface area contributed by atoms with Crippen molar-refractivity contribution in [2.24, 2.45) is 0 Å². The SMILES string of the molecule is OCC1=C(Cl)C=C(Br)CC1. The highest BCUT2D eigenvalue weighted by Crippen LogP contribution is 2.28. The van der Waals surface area contributed by atoms with Crippen molar-refractivity contribution >= 4 is 27.5 Å². The molecule has 1 N–H and O–H groups in total. The van der Waals surface area contributed by atoms with E-state index in [9.17, 15) is 0 Å². The summed E-state index contributed by atoms with van der Waals surface area (Å²) in [5, 5.41) is 9.44. The first-order valence-electron chi connectivity index (χ1n) is 3.08. The molecule has 0 heterocycles. The molecule has 1 rings (SSSR count). The molecule has 0 aromatic carbocycles. The van der Waals surface area contributed by atoms with E-state index in [4.69, 9.17) is 16.7 Å². The first-order chi connectivity index (χ1) is 4.74. The summed E-state index contributed by atoms with van der Waals surface area (Å²) in [5.74, 6) is 0. The lowest BCUT2D eigenvalue weighted by Crippen LogP contribution is -1.97. The predicted molar refractivity (Wildman–Crippen MR) is 46.2 cm³/mol. The number of allylic oxidation sites excluding steroid dienone is 3. The van der Waals surface area contributed by atoms with Gasteiger partial charge in [-0.2, -0.15) is 0 Å². The average molecular weight is 223 g/mol. The highest BCUT2D eigenvalue weighted by molar-refractivity contribution is 9.11. The van der Waals surface area contributed by atoms with Gasteiger partial charge < -0.3 is 5.11 Å². The molecule has 0 unspecified atom stereocenters. The van der Waals surface area contributed by atoms with Crippen molar-refractivity contribution < 1.29 is 5.11 Å². The van der Waals surface area contributed by atoms with Gasteiger partial charge in [0.05, 0.1) is 6.61 Å². The van der Waals surface area contributed by atoms with Gasteiger partial charge in [-0.05, 0) is 29.0 Å². The number of rotatable bonds is 1. The molecule has 56 valence electrons. The van der Waals surface area contributed by atoms with Crippen molar-refractivity contribution in [1.82, 2.24) is 0 Å².